The summed E-state index contributed by atoms with van der Waals surface area (Å²) in [6, 6.07) is 6.40. The Morgan fingerprint density at radius 2 is 2.05 bits per heavy atom. The zero-order valence-corrected chi connectivity index (χ0v) is 11.5. The van der Waals surface area contributed by atoms with Crippen LogP contribution in [-0.4, -0.2) is 30.0 Å². The summed E-state index contributed by atoms with van der Waals surface area (Å²) in [5.74, 6) is 2.51. The van der Waals surface area contributed by atoms with Crippen molar-refractivity contribution in [2.75, 3.05) is 12.1 Å². The molecule has 0 radical (unpaired) electrons. The second kappa shape index (κ2) is 4.24. The van der Waals surface area contributed by atoms with E-state index in [9.17, 15) is 0 Å². The molecule has 3 aliphatic rings. The maximum atomic E-state index is 5.91. The van der Waals surface area contributed by atoms with E-state index in [1.807, 2.05) is 24.4 Å². The van der Waals surface area contributed by atoms with Crippen molar-refractivity contribution in [2.24, 2.45) is 0 Å². The van der Waals surface area contributed by atoms with Crippen LogP contribution >= 0.6 is 0 Å². The van der Waals surface area contributed by atoms with Gasteiger partial charge in [-0.05, 0) is 42.8 Å². The van der Waals surface area contributed by atoms with Gasteiger partial charge >= 0.3 is 0 Å². The van der Waals surface area contributed by atoms with Gasteiger partial charge < -0.3 is 19.5 Å². The standard InChI is InChI=1S/C16H16N2O3/c1-2-13-12(6-10(1)21-13)18-16-11-7-15-14(19-8-20-15)5-9(11)3-4-17-16/h3-5,7,10,12-13H,1-2,6,8H2,(H,17,18). The third-order valence-electron chi connectivity index (χ3n) is 4.69. The molecule has 0 aliphatic carbocycles. The number of nitrogens with zero attached hydrogens (tertiary/aromatic N) is 1. The molecule has 3 unspecified atom stereocenters. The van der Waals surface area contributed by atoms with E-state index in [4.69, 9.17) is 14.2 Å². The Hall–Kier alpha value is -2.01. The molecule has 21 heavy (non-hydrogen) atoms. The summed E-state index contributed by atoms with van der Waals surface area (Å²) >= 11 is 0. The molecule has 0 amide bonds. The number of ether oxygens (including phenoxy) is 3. The van der Waals surface area contributed by atoms with Crippen LogP contribution in [0, 0.1) is 0 Å². The van der Waals surface area contributed by atoms with Gasteiger partial charge in [0.25, 0.3) is 0 Å². The molecule has 2 fully saturated rings. The molecule has 1 aromatic carbocycles. The average Bonchev–Trinajstić information content (AvgIpc) is 3.21. The Labute approximate surface area is 122 Å². The van der Waals surface area contributed by atoms with Crippen LogP contribution in [0.5, 0.6) is 11.5 Å². The number of nitrogens with one attached hydrogen (secondary N) is 1. The van der Waals surface area contributed by atoms with Gasteiger partial charge in [0.15, 0.2) is 11.5 Å². The van der Waals surface area contributed by atoms with Crippen LogP contribution < -0.4 is 14.8 Å². The monoisotopic (exact) mass is 284 g/mol. The first-order chi connectivity index (χ1) is 10.4. The quantitative estimate of drug-likeness (QED) is 0.919. The first-order valence-corrected chi connectivity index (χ1v) is 7.47. The number of hydrogen-bond donors (Lipinski definition) is 1. The second-order valence-electron chi connectivity index (χ2n) is 5.95. The number of rotatable bonds is 2. The van der Waals surface area contributed by atoms with Gasteiger partial charge in [0.2, 0.25) is 6.79 Å². The molecule has 1 aromatic heterocycles. The van der Waals surface area contributed by atoms with Gasteiger partial charge in [-0.15, -0.1) is 0 Å². The van der Waals surface area contributed by atoms with Crippen LogP contribution in [0.15, 0.2) is 24.4 Å². The topological polar surface area (TPSA) is 52.6 Å². The van der Waals surface area contributed by atoms with Crippen molar-refractivity contribution in [1.82, 2.24) is 4.98 Å². The fourth-order valence-electron chi connectivity index (χ4n) is 3.64. The summed E-state index contributed by atoms with van der Waals surface area (Å²) in [5.41, 5.74) is 0. The number of hydrogen-bond acceptors (Lipinski definition) is 5. The lowest BCUT2D eigenvalue weighted by molar-refractivity contribution is 0.102. The molecule has 0 saturated carbocycles. The SMILES string of the molecule is c1cc2cc3c(cc2c(NC2CC4CCC2O4)n1)OCO3. The van der Waals surface area contributed by atoms with Crippen LogP contribution in [0.4, 0.5) is 5.82 Å². The van der Waals surface area contributed by atoms with E-state index in [2.05, 4.69) is 10.3 Å². The minimum atomic E-state index is 0.294. The maximum Gasteiger partial charge on any atom is 0.231 e. The predicted octanol–water partition coefficient (Wildman–Crippen LogP) is 2.70. The first-order valence-electron chi connectivity index (χ1n) is 7.47. The van der Waals surface area contributed by atoms with Gasteiger partial charge in [-0.2, -0.15) is 0 Å². The molecular weight excluding hydrogens is 268 g/mol. The zero-order valence-electron chi connectivity index (χ0n) is 11.5. The summed E-state index contributed by atoms with van der Waals surface area (Å²) < 4.78 is 16.8. The highest BCUT2D eigenvalue weighted by Gasteiger charge is 2.41. The van der Waals surface area contributed by atoms with Gasteiger partial charge in [-0.3, -0.25) is 0 Å². The van der Waals surface area contributed by atoms with Gasteiger partial charge in [-0.25, -0.2) is 4.98 Å². The van der Waals surface area contributed by atoms with Crippen molar-refractivity contribution >= 4 is 16.6 Å². The largest absolute Gasteiger partial charge is 0.454 e. The number of fused-ring (bicyclic) bond motifs is 4. The molecule has 5 rings (SSSR count). The van der Waals surface area contributed by atoms with Crippen molar-refractivity contribution in [1.29, 1.82) is 0 Å². The van der Waals surface area contributed by atoms with Crippen LogP contribution in [0.1, 0.15) is 19.3 Å². The van der Waals surface area contributed by atoms with E-state index < -0.39 is 0 Å². The molecule has 3 atom stereocenters. The van der Waals surface area contributed by atoms with Gasteiger partial charge in [0.1, 0.15) is 5.82 Å². The summed E-state index contributed by atoms with van der Waals surface area (Å²) in [4.78, 5) is 4.52. The highest BCUT2D eigenvalue weighted by atomic mass is 16.7. The van der Waals surface area contributed by atoms with E-state index in [-0.39, 0.29) is 0 Å². The number of benzene rings is 1. The van der Waals surface area contributed by atoms with E-state index >= 15 is 0 Å². The first kappa shape index (κ1) is 11.6. The van der Waals surface area contributed by atoms with Crippen LogP contribution in [-0.2, 0) is 4.74 Å². The summed E-state index contributed by atoms with van der Waals surface area (Å²) in [7, 11) is 0. The van der Waals surface area contributed by atoms with Crippen molar-refractivity contribution in [3.05, 3.63) is 24.4 Å². The predicted molar refractivity (Wildman–Crippen MR) is 77.8 cm³/mol. The van der Waals surface area contributed by atoms with E-state index in [1.54, 1.807) is 0 Å². The molecule has 5 heteroatoms. The molecule has 2 bridgehead atoms. The Morgan fingerprint density at radius 3 is 2.86 bits per heavy atom. The average molecular weight is 284 g/mol. The van der Waals surface area contributed by atoms with E-state index in [0.29, 0.717) is 25.0 Å². The third kappa shape index (κ3) is 1.77. The highest BCUT2D eigenvalue weighted by molar-refractivity contribution is 5.94. The normalized spacial score (nSPS) is 29.2. The maximum absolute atomic E-state index is 5.91. The van der Waals surface area contributed by atoms with Crippen molar-refractivity contribution in [2.45, 2.75) is 37.5 Å². The lowest BCUT2D eigenvalue weighted by Gasteiger charge is -2.21. The van der Waals surface area contributed by atoms with Gasteiger partial charge in [0, 0.05) is 11.6 Å². The highest BCUT2D eigenvalue weighted by Crippen LogP contribution is 2.40. The van der Waals surface area contributed by atoms with Crippen molar-refractivity contribution in [3.63, 3.8) is 0 Å². The lowest BCUT2D eigenvalue weighted by Crippen LogP contribution is -2.30. The zero-order chi connectivity index (χ0) is 13.8. The summed E-state index contributed by atoms with van der Waals surface area (Å²) in [5, 5.41) is 5.76. The minimum Gasteiger partial charge on any atom is -0.454 e. The lowest BCUT2D eigenvalue weighted by atomic mass is 9.95. The fraction of sp³-hybridized carbons (Fsp3) is 0.438. The Bertz CT molecular complexity index is 718. The minimum absolute atomic E-state index is 0.294. The molecule has 5 nitrogen and oxygen atoms in total. The third-order valence-corrected chi connectivity index (χ3v) is 4.69. The van der Waals surface area contributed by atoms with Crippen LogP contribution in [0.25, 0.3) is 10.8 Å². The molecule has 108 valence electrons. The molecule has 4 heterocycles. The van der Waals surface area contributed by atoms with Crippen LogP contribution in [0.2, 0.25) is 0 Å². The number of pyridine rings is 1. The smallest absolute Gasteiger partial charge is 0.231 e. The Morgan fingerprint density at radius 1 is 1.14 bits per heavy atom. The second-order valence-corrected chi connectivity index (χ2v) is 5.95. The molecule has 0 spiro atoms. The summed E-state index contributed by atoms with van der Waals surface area (Å²) in [6.45, 7) is 0.294. The number of anilines is 1. The molecular formula is C16H16N2O3. The fourth-order valence-corrected chi connectivity index (χ4v) is 3.64. The van der Waals surface area contributed by atoms with Gasteiger partial charge in [-0.1, -0.05) is 0 Å². The van der Waals surface area contributed by atoms with E-state index in [0.717, 1.165) is 40.9 Å². The Balaban J connectivity index is 1.54. The Kier molecular flexibility index (Phi) is 2.35. The molecule has 2 saturated heterocycles. The van der Waals surface area contributed by atoms with E-state index in [1.165, 1.54) is 6.42 Å². The molecule has 1 N–H and O–H groups in total. The molecule has 2 aromatic rings. The molecule has 3 aliphatic heterocycles. The number of aromatic nitrogens is 1. The summed E-state index contributed by atoms with van der Waals surface area (Å²) in [6.07, 6.45) is 6.03. The van der Waals surface area contributed by atoms with Gasteiger partial charge in [0.05, 0.1) is 18.2 Å². The van der Waals surface area contributed by atoms with Crippen molar-refractivity contribution < 1.29 is 14.2 Å². The van der Waals surface area contributed by atoms with Crippen LogP contribution in [0.3, 0.4) is 0 Å². The van der Waals surface area contributed by atoms with Crippen molar-refractivity contribution in [3.8, 4) is 11.5 Å².